The minimum absolute atomic E-state index is 0.309. The Kier molecular flexibility index (Phi) is 7.14. The molecule has 2 heterocycles. The van der Waals surface area contributed by atoms with Gasteiger partial charge in [0.15, 0.2) is 0 Å². The number of hydrogen-bond donors (Lipinski definition) is 1. The van der Waals surface area contributed by atoms with E-state index in [1.165, 1.54) is 6.42 Å². The first-order chi connectivity index (χ1) is 19.9. The highest BCUT2D eigenvalue weighted by Crippen LogP contribution is 2.31. The number of imidazole rings is 2. The van der Waals surface area contributed by atoms with E-state index in [2.05, 4.69) is 66.4 Å². The third-order valence-corrected chi connectivity index (χ3v) is 7.94. The van der Waals surface area contributed by atoms with Crippen LogP contribution in [0, 0.1) is 6.92 Å². The number of hydrogen-bond acceptors (Lipinski definition) is 3. The summed E-state index contributed by atoms with van der Waals surface area (Å²) in [5.74, 6) is 1.12. The van der Waals surface area contributed by atoms with Gasteiger partial charge in [0.1, 0.15) is 11.6 Å². The van der Waals surface area contributed by atoms with Gasteiger partial charge in [0.25, 0.3) is 0 Å². The summed E-state index contributed by atoms with van der Waals surface area (Å²) in [6.45, 7) is 5.04. The number of fused-ring (bicyclic) bond motifs is 2. The molecule has 1 N–H and O–H groups in total. The number of aromatic nitrogens is 4. The van der Waals surface area contributed by atoms with E-state index in [0.29, 0.717) is 12.1 Å². The smallest absolute Gasteiger partial charge is 0.336 e. The van der Waals surface area contributed by atoms with Crippen LogP contribution in [-0.4, -0.2) is 30.2 Å². The first-order valence-electron chi connectivity index (χ1n) is 14.3. The van der Waals surface area contributed by atoms with E-state index in [1.54, 1.807) is 12.1 Å². The Hall–Kier alpha value is -4.71. The van der Waals surface area contributed by atoms with Crippen molar-refractivity contribution in [2.24, 2.45) is 7.05 Å². The molecule has 6 rings (SSSR count). The predicted octanol–water partition coefficient (Wildman–Crippen LogP) is 8.04. The van der Waals surface area contributed by atoms with Crippen molar-refractivity contribution in [1.82, 2.24) is 19.1 Å². The fraction of sp³-hybridized carbons (Fsp3) is 0.229. The summed E-state index contributed by atoms with van der Waals surface area (Å²) in [5.41, 5.74) is 9.53. The molecule has 0 spiro atoms. The zero-order valence-corrected chi connectivity index (χ0v) is 23.8. The monoisotopic (exact) mass is 542 g/mol. The molecule has 0 saturated carbocycles. The van der Waals surface area contributed by atoms with Crippen LogP contribution in [0.5, 0.6) is 0 Å². The molecule has 0 aliphatic rings. The first kappa shape index (κ1) is 26.5. The Morgan fingerprint density at radius 3 is 2.37 bits per heavy atom. The van der Waals surface area contributed by atoms with Gasteiger partial charge in [-0.05, 0) is 65.9 Å². The molecule has 0 aliphatic heterocycles. The lowest BCUT2D eigenvalue weighted by Gasteiger charge is -2.12. The molecular weight excluding hydrogens is 508 g/mol. The summed E-state index contributed by atoms with van der Waals surface area (Å²) in [7, 11) is 2.07. The molecule has 0 atom stereocenters. The summed E-state index contributed by atoms with van der Waals surface area (Å²) < 4.78 is 4.51. The van der Waals surface area contributed by atoms with Crippen LogP contribution < -0.4 is 0 Å². The fourth-order valence-corrected chi connectivity index (χ4v) is 5.77. The summed E-state index contributed by atoms with van der Waals surface area (Å²) in [5, 5.41) is 9.64. The highest BCUT2D eigenvalue weighted by molar-refractivity contribution is 5.96. The molecule has 41 heavy (non-hydrogen) atoms. The number of aryl methyl sites for hydroxylation is 3. The van der Waals surface area contributed by atoms with E-state index in [9.17, 15) is 9.90 Å². The fourth-order valence-electron chi connectivity index (χ4n) is 5.77. The van der Waals surface area contributed by atoms with Crippen LogP contribution in [-0.2, 0) is 20.0 Å². The van der Waals surface area contributed by atoms with Crippen molar-refractivity contribution in [2.75, 3.05) is 0 Å². The lowest BCUT2D eigenvalue weighted by molar-refractivity contribution is 0.0697. The maximum absolute atomic E-state index is 11.8. The molecule has 4 aromatic carbocycles. The van der Waals surface area contributed by atoms with E-state index in [-0.39, 0.29) is 0 Å². The molecular formula is C35H34N4O2. The number of nitrogens with zero attached hydrogens (tertiary/aromatic N) is 4. The maximum Gasteiger partial charge on any atom is 0.336 e. The number of carboxylic acids is 1. The molecule has 0 amide bonds. The van der Waals surface area contributed by atoms with Crippen LogP contribution >= 0.6 is 0 Å². The Morgan fingerprint density at radius 2 is 1.61 bits per heavy atom. The van der Waals surface area contributed by atoms with Gasteiger partial charge in [-0.1, -0.05) is 74.4 Å². The number of benzene rings is 4. The van der Waals surface area contributed by atoms with Crippen LogP contribution in [0.2, 0.25) is 0 Å². The number of para-hydroxylation sites is 2. The van der Waals surface area contributed by atoms with Gasteiger partial charge in [-0.15, -0.1) is 0 Å². The summed E-state index contributed by atoms with van der Waals surface area (Å²) in [4.78, 5) is 21.9. The first-order valence-corrected chi connectivity index (χ1v) is 14.3. The van der Waals surface area contributed by atoms with Crippen molar-refractivity contribution in [3.8, 4) is 22.5 Å². The lowest BCUT2D eigenvalue weighted by Crippen LogP contribution is -2.06. The third kappa shape index (κ3) is 5.02. The average molecular weight is 543 g/mol. The molecule has 0 saturated heterocycles. The molecule has 0 radical (unpaired) electrons. The molecule has 2 aromatic heterocycles. The second-order valence-corrected chi connectivity index (χ2v) is 10.8. The van der Waals surface area contributed by atoms with Gasteiger partial charge >= 0.3 is 5.97 Å². The van der Waals surface area contributed by atoms with E-state index >= 15 is 0 Å². The van der Waals surface area contributed by atoms with Crippen molar-refractivity contribution < 1.29 is 9.90 Å². The summed E-state index contributed by atoms with van der Waals surface area (Å²) in [6.07, 6.45) is 4.36. The zero-order chi connectivity index (χ0) is 28.5. The second-order valence-electron chi connectivity index (χ2n) is 10.8. The van der Waals surface area contributed by atoms with Crippen molar-refractivity contribution in [3.05, 3.63) is 107 Å². The van der Waals surface area contributed by atoms with E-state index in [0.717, 1.165) is 80.8 Å². The Balaban J connectivity index is 1.42. The Morgan fingerprint density at radius 1 is 0.854 bits per heavy atom. The third-order valence-electron chi connectivity index (χ3n) is 7.94. The molecule has 6 aromatic rings. The molecule has 6 nitrogen and oxygen atoms in total. The van der Waals surface area contributed by atoms with Crippen LogP contribution in [0.25, 0.3) is 44.6 Å². The van der Waals surface area contributed by atoms with Gasteiger partial charge in [0.2, 0.25) is 0 Å². The van der Waals surface area contributed by atoms with Gasteiger partial charge < -0.3 is 14.2 Å². The number of unbranched alkanes of at least 4 members (excludes halogenated alkanes) is 2. The summed E-state index contributed by atoms with van der Waals surface area (Å²) in [6, 6.07) is 28.0. The highest BCUT2D eigenvalue weighted by atomic mass is 16.4. The Labute approximate surface area is 239 Å². The largest absolute Gasteiger partial charge is 0.478 e. The van der Waals surface area contributed by atoms with Gasteiger partial charge in [0, 0.05) is 25.6 Å². The van der Waals surface area contributed by atoms with E-state index < -0.39 is 5.97 Å². The van der Waals surface area contributed by atoms with Crippen LogP contribution in [0.3, 0.4) is 0 Å². The Bertz CT molecular complexity index is 1880. The standard InChI is InChI=1S/C35H34N4O2/c1-4-5-6-15-32-37-33-23(2)20-26(34-36-29-13-9-10-14-30(29)38(34)3)21-31(33)39(32)22-24-16-18-25(19-17-24)27-11-7-8-12-28(27)35(40)41/h7-14,16-21H,4-6,15,22H2,1-3H3,(H,40,41). The van der Waals surface area contributed by atoms with Crippen LogP contribution in [0.1, 0.15) is 53.5 Å². The lowest BCUT2D eigenvalue weighted by atomic mass is 9.98. The second kappa shape index (κ2) is 11.0. The minimum Gasteiger partial charge on any atom is -0.478 e. The highest BCUT2D eigenvalue weighted by Gasteiger charge is 2.18. The normalized spacial score (nSPS) is 11.5. The van der Waals surface area contributed by atoms with Crippen LogP contribution in [0.4, 0.5) is 0 Å². The van der Waals surface area contributed by atoms with Gasteiger partial charge in [-0.2, -0.15) is 0 Å². The van der Waals surface area contributed by atoms with Gasteiger partial charge in [-0.3, -0.25) is 0 Å². The van der Waals surface area contributed by atoms with Gasteiger partial charge in [0.05, 0.1) is 27.6 Å². The molecule has 0 bridgehead atoms. The summed E-state index contributed by atoms with van der Waals surface area (Å²) >= 11 is 0. The number of carbonyl (C=O) groups is 1. The number of carboxylic acid groups (broad SMARTS) is 1. The van der Waals surface area contributed by atoms with Crippen molar-refractivity contribution in [2.45, 2.75) is 46.1 Å². The number of rotatable bonds is 9. The maximum atomic E-state index is 11.8. The average Bonchev–Trinajstić information content (AvgIpc) is 3.51. The van der Waals surface area contributed by atoms with Crippen molar-refractivity contribution >= 4 is 28.0 Å². The van der Waals surface area contributed by atoms with Crippen LogP contribution in [0.15, 0.2) is 84.9 Å². The van der Waals surface area contributed by atoms with E-state index in [4.69, 9.17) is 9.97 Å². The number of aromatic carboxylic acids is 1. The predicted molar refractivity (Wildman–Crippen MR) is 165 cm³/mol. The topological polar surface area (TPSA) is 72.9 Å². The minimum atomic E-state index is -0.918. The van der Waals surface area contributed by atoms with Crippen molar-refractivity contribution in [3.63, 3.8) is 0 Å². The van der Waals surface area contributed by atoms with E-state index in [1.807, 2.05) is 36.4 Å². The van der Waals surface area contributed by atoms with Crippen molar-refractivity contribution in [1.29, 1.82) is 0 Å². The molecule has 0 fully saturated rings. The van der Waals surface area contributed by atoms with Gasteiger partial charge in [-0.25, -0.2) is 14.8 Å². The quantitative estimate of drug-likeness (QED) is 0.188. The molecule has 6 heteroatoms. The molecule has 0 unspecified atom stereocenters. The SMILES string of the molecule is CCCCCc1nc2c(C)cc(-c3nc4ccccc4n3C)cc2n1Cc1ccc(-c2ccccc2C(=O)O)cc1. The molecule has 0 aliphatic carbocycles. The zero-order valence-electron chi connectivity index (χ0n) is 23.8. The molecule has 206 valence electrons.